The van der Waals surface area contributed by atoms with Crippen molar-refractivity contribution in [3.8, 4) is 0 Å². The van der Waals surface area contributed by atoms with Crippen LogP contribution in [0.15, 0.2) is 0 Å². The van der Waals surface area contributed by atoms with Gasteiger partial charge in [0, 0.05) is 18.5 Å². The molecule has 1 fully saturated rings. The summed E-state index contributed by atoms with van der Waals surface area (Å²) in [6.45, 7) is 6.84. The highest BCUT2D eigenvalue weighted by Gasteiger charge is 2.42. The summed E-state index contributed by atoms with van der Waals surface area (Å²) < 4.78 is 0. The molecule has 0 saturated heterocycles. The minimum atomic E-state index is 0. The molecule has 0 unspecified atom stereocenters. The van der Waals surface area contributed by atoms with E-state index in [0.29, 0.717) is 0 Å². The first-order valence-electron chi connectivity index (χ1n) is 6.24. The van der Waals surface area contributed by atoms with Crippen LogP contribution in [-0.2, 0) is 4.79 Å². The van der Waals surface area contributed by atoms with Gasteiger partial charge in [-0.05, 0) is 25.8 Å². The molecule has 4 heteroatoms. The summed E-state index contributed by atoms with van der Waals surface area (Å²) in [4.78, 5) is 12.0. The molecule has 1 rings (SSSR count). The molecule has 96 valence electrons. The van der Waals surface area contributed by atoms with Crippen LogP contribution in [-0.4, -0.2) is 25.5 Å². The molecule has 0 radical (unpaired) electrons. The van der Waals surface area contributed by atoms with E-state index in [9.17, 15) is 4.79 Å². The molecule has 0 heterocycles. The largest absolute Gasteiger partial charge is 0.354 e. The fourth-order valence-electron chi connectivity index (χ4n) is 2.30. The van der Waals surface area contributed by atoms with Crippen LogP contribution in [0.2, 0.25) is 0 Å². The lowest BCUT2D eigenvalue weighted by molar-refractivity contribution is -0.136. The molecule has 0 aromatic carbocycles. The Balaban J connectivity index is 0.00000225. The summed E-state index contributed by atoms with van der Waals surface area (Å²) in [5.41, 5.74) is 0.000957. The molecule has 0 aromatic rings. The summed E-state index contributed by atoms with van der Waals surface area (Å²) in [6.07, 6.45) is 5.57. The number of rotatable bonds is 7. The average molecular weight is 249 g/mol. The van der Waals surface area contributed by atoms with Crippen LogP contribution in [0.1, 0.15) is 46.0 Å². The highest BCUT2D eigenvalue weighted by Crippen LogP contribution is 2.44. The Morgan fingerprint density at radius 3 is 2.38 bits per heavy atom. The number of halogens is 1. The lowest BCUT2D eigenvalue weighted by Crippen LogP contribution is -2.47. The minimum absolute atomic E-state index is 0. The zero-order chi connectivity index (χ0) is 11.1. The van der Waals surface area contributed by atoms with Crippen molar-refractivity contribution in [2.24, 2.45) is 5.41 Å². The Bertz CT molecular complexity index is 205. The molecular formula is C12H25ClN2O. The number of carbonyl (C=O) groups excluding carboxylic acids is 1. The third-order valence-electron chi connectivity index (χ3n) is 3.36. The van der Waals surface area contributed by atoms with Gasteiger partial charge in [-0.2, -0.15) is 0 Å². The van der Waals surface area contributed by atoms with Crippen LogP contribution in [0.25, 0.3) is 0 Å². The van der Waals surface area contributed by atoms with E-state index in [1.807, 2.05) is 0 Å². The van der Waals surface area contributed by atoms with E-state index < -0.39 is 0 Å². The van der Waals surface area contributed by atoms with Crippen LogP contribution in [0.4, 0.5) is 0 Å². The number of hydrogen-bond donors (Lipinski definition) is 2. The second kappa shape index (κ2) is 7.91. The lowest BCUT2D eigenvalue weighted by Gasteiger charge is -2.40. The van der Waals surface area contributed by atoms with Gasteiger partial charge in [-0.25, -0.2) is 0 Å². The highest BCUT2D eigenvalue weighted by molar-refractivity contribution is 5.85. The van der Waals surface area contributed by atoms with Crippen LogP contribution >= 0.6 is 12.4 Å². The average Bonchev–Trinajstić information content (AvgIpc) is 2.18. The second-order valence-corrected chi connectivity index (χ2v) is 4.49. The summed E-state index contributed by atoms with van der Waals surface area (Å²) >= 11 is 0. The molecule has 0 atom stereocenters. The summed E-state index contributed by atoms with van der Waals surface area (Å²) in [5, 5.41) is 6.25. The molecule has 0 aliphatic heterocycles. The first kappa shape index (κ1) is 15.7. The van der Waals surface area contributed by atoms with E-state index in [-0.39, 0.29) is 23.7 Å². The SMILES string of the molecule is CCCC1(C(=O)NCCNCC)CCC1.Cl. The molecule has 1 aliphatic carbocycles. The standard InChI is InChI=1S/C12H24N2O.ClH/c1-3-6-12(7-5-8-12)11(15)14-10-9-13-4-2;/h13H,3-10H2,1-2H3,(H,14,15);1H. The molecule has 1 amide bonds. The van der Waals surface area contributed by atoms with Crippen molar-refractivity contribution < 1.29 is 4.79 Å². The Morgan fingerprint density at radius 2 is 1.94 bits per heavy atom. The number of likely N-dealkylation sites (N-methyl/N-ethyl adjacent to an activating group) is 1. The zero-order valence-corrected chi connectivity index (χ0v) is 11.3. The van der Waals surface area contributed by atoms with Crippen molar-refractivity contribution in [1.29, 1.82) is 0 Å². The summed E-state index contributed by atoms with van der Waals surface area (Å²) in [7, 11) is 0. The van der Waals surface area contributed by atoms with Crippen molar-refractivity contribution in [3.05, 3.63) is 0 Å². The van der Waals surface area contributed by atoms with E-state index in [1.54, 1.807) is 0 Å². The number of carbonyl (C=O) groups is 1. The van der Waals surface area contributed by atoms with Gasteiger partial charge in [-0.15, -0.1) is 12.4 Å². The maximum atomic E-state index is 12.0. The van der Waals surface area contributed by atoms with Crippen LogP contribution in [0.5, 0.6) is 0 Å². The van der Waals surface area contributed by atoms with E-state index in [0.717, 1.165) is 45.3 Å². The van der Waals surface area contributed by atoms with Gasteiger partial charge in [0.25, 0.3) is 0 Å². The van der Waals surface area contributed by atoms with E-state index >= 15 is 0 Å². The molecule has 0 bridgehead atoms. The quantitative estimate of drug-likeness (QED) is 0.678. The second-order valence-electron chi connectivity index (χ2n) is 4.49. The maximum Gasteiger partial charge on any atom is 0.226 e. The molecule has 0 aromatic heterocycles. The Hall–Kier alpha value is -0.280. The molecule has 3 nitrogen and oxygen atoms in total. The van der Waals surface area contributed by atoms with Crippen molar-refractivity contribution in [1.82, 2.24) is 10.6 Å². The third kappa shape index (κ3) is 3.95. The summed E-state index contributed by atoms with van der Waals surface area (Å²) in [6, 6.07) is 0. The molecule has 0 spiro atoms. The van der Waals surface area contributed by atoms with Gasteiger partial charge >= 0.3 is 0 Å². The molecule has 2 N–H and O–H groups in total. The van der Waals surface area contributed by atoms with Crippen molar-refractivity contribution in [2.45, 2.75) is 46.0 Å². The summed E-state index contributed by atoms with van der Waals surface area (Å²) in [5.74, 6) is 0.286. The lowest BCUT2D eigenvalue weighted by atomic mass is 9.65. The highest BCUT2D eigenvalue weighted by atomic mass is 35.5. The van der Waals surface area contributed by atoms with Crippen LogP contribution in [0, 0.1) is 5.41 Å². The van der Waals surface area contributed by atoms with Gasteiger partial charge in [-0.1, -0.05) is 26.7 Å². The maximum absolute atomic E-state index is 12.0. The fraction of sp³-hybridized carbons (Fsp3) is 0.917. The van der Waals surface area contributed by atoms with Crippen LogP contribution in [0.3, 0.4) is 0 Å². The van der Waals surface area contributed by atoms with Gasteiger partial charge < -0.3 is 10.6 Å². The van der Waals surface area contributed by atoms with Crippen LogP contribution < -0.4 is 10.6 Å². The van der Waals surface area contributed by atoms with E-state index in [4.69, 9.17) is 0 Å². The Labute approximate surface area is 105 Å². The predicted molar refractivity (Wildman–Crippen MR) is 70.0 cm³/mol. The van der Waals surface area contributed by atoms with Gasteiger partial charge in [0.15, 0.2) is 0 Å². The smallest absolute Gasteiger partial charge is 0.226 e. The Kier molecular flexibility index (Phi) is 7.77. The van der Waals surface area contributed by atoms with Crippen molar-refractivity contribution in [2.75, 3.05) is 19.6 Å². The number of amides is 1. The topological polar surface area (TPSA) is 41.1 Å². The van der Waals surface area contributed by atoms with Crippen molar-refractivity contribution in [3.63, 3.8) is 0 Å². The number of hydrogen-bond acceptors (Lipinski definition) is 2. The van der Waals surface area contributed by atoms with Gasteiger partial charge in [0.05, 0.1) is 0 Å². The number of nitrogens with one attached hydrogen (secondary N) is 2. The minimum Gasteiger partial charge on any atom is -0.354 e. The zero-order valence-electron chi connectivity index (χ0n) is 10.5. The normalized spacial score (nSPS) is 17.1. The molecule has 1 aliphatic rings. The first-order valence-corrected chi connectivity index (χ1v) is 6.24. The monoisotopic (exact) mass is 248 g/mol. The first-order chi connectivity index (χ1) is 7.25. The van der Waals surface area contributed by atoms with E-state index in [1.165, 1.54) is 6.42 Å². The van der Waals surface area contributed by atoms with Gasteiger partial charge in [-0.3, -0.25) is 4.79 Å². The fourth-order valence-corrected chi connectivity index (χ4v) is 2.30. The van der Waals surface area contributed by atoms with Gasteiger partial charge in [0.1, 0.15) is 0 Å². The van der Waals surface area contributed by atoms with Crippen molar-refractivity contribution >= 4 is 18.3 Å². The predicted octanol–water partition coefficient (Wildman–Crippen LogP) is 2.10. The Morgan fingerprint density at radius 1 is 1.25 bits per heavy atom. The molecule has 1 saturated carbocycles. The molecule has 16 heavy (non-hydrogen) atoms. The third-order valence-corrected chi connectivity index (χ3v) is 3.36. The molecular weight excluding hydrogens is 224 g/mol. The van der Waals surface area contributed by atoms with E-state index in [2.05, 4.69) is 24.5 Å². The van der Waals surface area contributed by atoms with Gasteiger partial charge in [0.2, 0.25) is 5.91 Å².